The molecule has 1 N–H and O–H groups in total. The van der Waals surface area contributed by atoms with Gasteiger partial charge >= 0.3 is 0 Å². The minimum absolute atomic E-state index is 0.118. The van der Waals surface area contributed by atoms with E-state index in [1.165, 1.54) is 4.68 Å². The lowest BCUT2D eigenvalue weighted by Crippen LogP contribution is -2.14. The first-order chi connectivity index (χ1) is 8.27. The van der Waals surface area contributed by atoms with Crippen molar-refractivity contribution in [1.29, 1.82) is 0 Å². The molecule has 1 aromatic heterocycles. The summed E-state index contributed by atoms with van der Waals surface area (Å²) < 4.78 is 1.44. The van der Waals surface area contributed by atoms with Crippen LogP contribution in [-0.4, -0.2) is 9.78 Å². The molecule has 3 nitrogen and oxygen atoms in total. The molecule has 0 amide bonds. The van der Waals surface area contributed by atoms with Crippen molar-refractivity contribution in [3.63, 3.8) is 0 Å². The molecule has 0 spiro atoms. The molecule has 2 aromatic rings. The Balaban J connectivity index is 2.58. The highest BCUT2D eigenvalue weighted by atomic mass is 35.5. The van der Waals surface area contributed by atoms with Crippen molar-refractivity contribution in [3.05, 3.63) is 50.4 Å². The summed E-state index contributed by atoms with van der Waals surface area (Å²) in [5.74, 6) is 0. The maximum Gasteiger partial charge on any atom is 0.271 e. The van der Waals surface area contributed by atoms with Gasteiger partial charge in [-0.2, -0.15) is 0 Å². The van der Waals surface area contributed by atoms with E-state index in [9.17, 15) is 4.79 Å². The van der Waals surface area contributed by atoms with Gasteiger partial charge in [0, 0.05) is 27.2 Å². The maximum absolute atomic E-state index is 12.0. The highest BCUT2D eigenvalue weighted by Crippen LogP contribution is 2.22. The molecule has 1 heterocycles. The molecule has 0 aliphatic heterocycles. The molecular weight excluding hydrogens is 271 g/mol. The number of H-pyrrole nitrogens is 1. The van der Waals surface area contributed by atoms with Gasteiger partial charge in [0.15, 0.2) is 0 Å². The summed E-state index contributed by atoms with van der Waals surface area (Å²) in [5.41, 5.74) is 1.25. The van der Waals surface area contributed by atoms with Gasteiger partial charge in [-0.05, 0) is 18.2 Å². The van der Waals surface area contributed by atoms with E-state index in [0.29, 0.717) is 15.7 Å². The van der Waals surface area contributed by atoms with Crippen LogP contribution >= 0.6 is 23.2 Å². The maximum atomic E-state index is 12.0. The average molecular weight is 285 g/mol. The molecule has 1 aromatic carbocycles. The van der Waals surface area contributed by atoms with Crippen LogP contribution in [0.5, 0.6) is 0 Å². The van der Waals surface area contributed by atoms with Gasteiger partial charge in [-0.15, -0.1) is 0 Å². The Kier molecular flexibility index (Phi) is 3.30. The smallest absolute Gasteiger partial charge is 0.271 e. The van der Waals surface area contributed by atoms with Crippen molar-refractivity contribution in [1.82, 2.24) is 9.78 Å². The van der Waals surface area contributed by atoms with Crippen molar-refractivity contribution >= 4 is 23.2 Å². The van der Waals surface area contributed by atoms with Crippen LogP contribution in [0.4, 0.5) is 0 Å². The van der Waals surface area contributed by atoms with Crippen molar-refractivity contribution in [3.8, 4) is 5.69 Å². The summed E-state index contributed by atoms with van der Waals surface area (Å²) in [6, 6.07) is 6.61. The summed E-state index contributed by atoms with van der Waals surface area (Å²) >= 11 is 11.9. The van der Waals surface area contributed by atoms with E-state index >= 15 is 0 Å². The number of benzene rings is 1. The minimum atomic E-state index is -0.127. The first-order valence-corrected chi connectivity index (χ1v) is 6.32. The third-order valence-corrected chi connectivity index (χ3v) is 3.07. The van der Waals surface area contributed by atoms with Crippen LogP contribution in [0, 0.1) is 0 Å². The van der Waals surface area contributed by atoms with E-state index < -0.39 is 0 Å². The first kappa shape index (κ1) is 13.2. The number of aromatic nitrogens is 2. The lowest BCUT2D eigenvalue weighted by atomic mass is 9.93. The molecule has 2 rings (SSSR count). The van der Waals surface area contributed by atoms with E-state index in [-0.39, 0.29) is 11.0 Å². The van der Waals surface area contributed by atoms with Crippen molar-refractivity contribution in [2.24, 2.45) is 0 Å². The highest BCUT2D eigenvalue weighted by Gasteiger charge is 2.18. The Bertz CT molecular complexity index is 615. The molecule has 0 radical (unpaired) electrons. The SMILES string of the molecule is CC(C)(C)c1cc(=O)n(-c2cc(Cl)cc(Cl)c2)[nH]1. The molecule has 96 valence electrons. The number of halogens is 2. The second kappa shape index (κ2) is 4.48. The van der Waals surface area contributed by atoms with Gasteiger partial charge in [-0.25, -0.2) is 4.68 Å². The molecule has 0 saturated heterocycles. The van der Waals surface area contributed by atoms with Crippen LogP contribution in [0.2, 0.25) is 10.0 Å². The zero-order valence-corrected chi connectivity index (χ0v) is 11.9. The molecular formula is C13H14Cl2N2O. The number of nitrogens with zero attached hydrogens (tertiary/aromatic N) is 1. The van der Waals surface area contributed by atoms with Gasteiger partial charge in [0.1, 0.15) is 0 Å². The lowest BCUT2D eigenvalue weighted by Gasteiger charge is -2.15. The molecule has 0 unspecified atom stereocenters. The van der Waals surface area contributed by atoms with Gasteiger partial charge in [-0.1, -0.05) is 44.0 Å². The van der Waals surface area contributed by atoms with Gasteiger partial charge in [0.05, 0.1) is 5.69 Å². The fourth-order valence-corrected chi connectivity index (χ4v) is 2.15. The first-order valence-electron chi connectivity index (χ1n) is 5.56. The monoisotopic (exact) mass is 284 g/mol. The topological polar surface area (TPSA) is 37.8 Å². The quantitative estimate of drug-likeness (QED) is 0.851. The van der Waals surface area contributed by atoms with Crippen molar-refractivity contribution in [2.75, 3.05) is 0 Å². The van der Waals surface area contributed by atoms with Gasteiger partial charge in [0.25, 0.3) is 5.56 Å². The van der Waals surface area contributed by atoms with Gasteiger partial charge in [0.2, 0.25) is 0 Å². The predicted molar refractivity (Wildman–Crippen MR) is 75.1 cm³/mol. The Morgan fingerprint density at radius 1 is 1.06 bits per heavy atom. The summed E-state index contributed by atoms with van der Waals surface area (Å²) in [4.78, 5) is 12.0. The Hall–Kier alpha value is -1.19. The highest BCUT2D eigenvalue weighted by molar-refractivity contribution is 6.34. The van der Waals surface area contributed by atoms with Gasteiger partial charge in [-0.3, -0.25) is 9.89 Å². The van der Waals surface area contributed by atoms with Crippen LogP contribution < -0.4 is 5.56 Å². The molecule has 0 bridgehead atoms. The van der Waals surface area contributed by atoms with Crippen LogP contribution in [-0.2, 0) is 5.41 Å². The Morgan fingerprint density at radius 3 is 2.06 bits per heavy atom. The van der Waals surface area contributed by atoms with Crippen LogP contribution in [0.15, 0.2) is 29.1 Å². The fraction of sp³-hybridized carbons (Fsp3) is 0.308. The lowest BCUT2D eigenvalue weighted by molar-refractivity contribution is 0.560. The van der Waals surface area contributed by atoms with Crippen molar-refractivity contribution < 1.29 is 0 Å². The zero-order valence-electron chi connectivity index (χ0n) is 10.4. The summed E-state index contributed by atoms with van der Waals surface area (Å²) in [6.45, 7) is 6.11. The largest absolute Gasteiger partial charge is 0.294 e. The second-order valence-electron chi connectivity index (χ2n) is 5.22. The summed E-state index contributed by atoms with van der Waals surface area (Å²) in [7, 11) is 0. The van der Waals surface area contributed by atoms with Crippen LogP contribution in [0.25, 0.3) is 5.69 Å². The Morgan fingerprint density at radius 2 is 1.61 bits per heavy atom. The predicted octanol–water partition coefficient (Wildman–Crippen LogP) is 3.77. The minimum Gasteiger partial charge on any atom is -0.294 e. The fourth-order valence-electron chi connectivity index (χ4n) is 1.64. The summed E-state index contributed by atoms with van der Waals surface area (Å²) in [6.07, 6.45) is 0. The van der Waals surface area contributed by atoms with E-state index in [1.54, 1.807) is 24.3 Å². The number of rotatable bonds is 1. The Labute approximate surface area is 115 Å². The van der Waals surface area contributed by atoms with E-state index in [0.717, 1.165) is 5.69 Å². The third kappa shape index (κ3) is 2.62. The second-order valence-corrected chi connectivity index (χ2v) is 6.09. The number of aromatic amines is 1. The van der Waals surface area contributed by atoms with Gasteiger partial charge < -0.3 is 0 Å². The molecule has 0 fully saturated rings. The number of hydrogen-bond donors (Lipinski definition) is 1. The molecule has 0 atom stereocenters. The van der Waals surface area contributed by atoms with Crippen LogP contribution in [0.3, 0.4) is 0 Å². The molecule has 5 heteroatoms. The number of hydrogen-bond acceptors (Lipinski definition) is 1. The molecule has 0 aliphatic rings. The molecule has 18 heavy (non-hydrogen) atoms. The number of nitrogens with one attached hydrogen (secondary N) is 1. The average Bonchev–Trinajstić information content (AvgIpc) is 2.58. The molecule has 0 saturated carbocycles. The van der Waals surface area contributed by atoms with E-state index in [2.05, 4.69) is 5.10 Å². The normalized spacial score (nSPS) is 11.8. The molecule has 0 aliphatic carbocycles. The summed E-state index contributed by atoms with van der Waals surface area (Å²) in [5, 5.41) is 4.07. The zero-order chi connectivity index (χ0) is 13.5. The van der Waals surface area contributed by atoms with Crippen LogP contribution in [0.1, 0.15) is 26.5 Å². The third-order valence-electron chi connectivity index (χ3n) is 2.63. The van der Waals surface area contributed by atoms with E-state index in [1.807, 2.05) is 20.8 Å². The standard InChI is InChI=1S/C13H14Cl2N2O/c1-13(2,3)11-7-12(18)17(16-11)10-5-8(14)4-9(15)6-10/h4-7,16H,1-3H3. The van der Waals surface area contributed by atoms with E-state index in [4.69, 9.17) is 23.2 Å². The van der Waals surface area contributed by atoms with Crippen molar-refractivity contribution in [2.45, 2.75) is 26.2 Å².